The van der Waals surface area contributed by atoms with Crippen LogP contribution < -0.4 is 14.2 Å². The maximum absolute atomic E-state index is 9.53. The summed E-state index contributed by atoms with van der Waals surface area (Å²) in [5, 5.41) is 10.5. The molecule has 30 heavy (non-hydrogen) atoms. The van der Waals surface area contributed by atoms with Crippen molar-refractivity contribution in [1.82, 2.24) is 19.9 Å². The average molecular weight is 430 g/mol. The minimum absolute atomic E-state index is 0.210. The zero-order valence-corrected chi connectivity index (χ0v) is 18.2. The van der Waals surface area contributed by atoms with Crippen LogP contribution in [0.2, 0.25) is 5.02 Å². The van der Waals surface area contributed by atoms with E-state index in [-0.39, 0.29) is 6.01 Å². The van der Waals surface area contributed by atoms with Crippen molar-refractivity contribution in [1.29, 1.82) is 5.26 Å². The Labute approximate surface area is 180 Å². The molecule has 0 fully saturated rings. The lowest BCUT2D eigenvalue weighted by Crippen LogP contribution is -2.28. The number of halogens is 1. The molecule has 158 valence electrons. The molecule has 0 saturated heterocycles. The summed E-state index contributed by atoms with van der Waals surface area (Å²) in [5.41, 5.74) is 1.99. The van der Waals surface area contributed by atoms with Crippen LogP contribution in [-0.2, 0) is 0 Å². The van der Waals surface area contributed by atoms with Crippen molar-refractivity contribution in [3.05, 3.63) is 28.9 Å². The molecule has 0 radical (unpaired) electrons. The number of nitrogens with one attached hydrogen (secondary N) is 1. The fraction of sp³-hybridized carbons (Fsp3) is 0.381. The Hall–Kier alpha value is -3.02. The van der Waals surface area contributed by atoms with Gasteiger partial charge in [0.15, 0.2) is 11.5 Å². The quantitative estimate of drug-likeness (QED) is 0.551. The lowest BCUT2D eigenvalue weighted by molar-refractivity contribution is 0.213. The van der Waals surface area contributed by atoms with Crippen molar-refractivity contribution in [3.63, 3.8) is 0 Å². The van der Waals surface area contributed by atoms with Crippen LogP contribution >= 0.6 is 11.6 Å². The maximum atomic E-state index is 9.53. The second-order valence-electron chi connectivity index (χ2n) is 6.45. The van der Waals surface area contributed by atoms with Gasteiger partial charge in [0.25, 0.3) is 0 Å². The molecule has 9 heteroatoms. The van der Waals surface area contributed by atoms with Crippen molar-refractivity contribution in [2.75, 3.05) is 40.5 Å². The zero-order valence-electron chi connectivity index (χ0n) is 17.5. The predicted molar refractivity (Wildman–Crippen MR) is 115 cm³/mol. The van der Waals surface area contributed by atoms with Crippen molar-refractivity contribution in [3.8, 4) is 34.8 Å². The number of nitrogens with zero attached hydrogens (tertiary/aromatic N) is 4. The summed E-state index contributed by atoms with van der Waals surface area (Å²) in [4.78, 5) is 14.3. The Morgan fingerprint density at radius 2 is 1.83 bits per heavy atom. The van der Waals surface area contributed by atoms with Crippen LogP contribution in [0.3, 0.4) is 0 Å². The minimum Gasteiger partial charge on any atom is -0.493 e. The van der Waals surface area contributed by atoms with E-state index in [1.807, 2.05) is 0 Å². The van der Waals surface area contributed by atoms with Crippen LogP contribution in [0.15, 0.2) is 18.3 Å². The van der Waals surface area contributed by atoms with Gasteiger partial charge in [0.05, 0.1) is 35.9 Å². The highest BCUT2D eigenvalue weighted by Gasteiger charge is 2.20. The smallest absolute Gasteiger partial charge is 0.319 e. The Morgan fingerprint density at radius 3 is 2.47 bits per heavy atom. The monoisotopic (exact) mass is 429 g/mol. The highest BCUT2D eigenvalue weighted by Crippen LogP contribution is 2.40. The molecule has 0 bridgehead atoms. The first-order chi connectivity index (χ1) is 14.6. The first kappa shape index (κ1) is 21.7. The van der Waals surface area contributed by atoms with Gasteiger partial charge in [0.2, 0.25) is 0 Å². The van der Waals surface area contributed by atoms with Crippen LogP contribution in [0.5, 0.6) is 17.5 Å². The number of hydrogen-bond donors (Lipinski definition) is 1. The Kier molecular flexibility index (Phi) is 6.98. The third kappa shape index (κ3) is 4.27. The van der Waals surface area contributed by atoms with E-state index >= 15 is 0 Å². The maximum Gasteiger partial charge on any atom is 0.319 e. The Balaban J connectivity index is 2.09. The topological polar surface area (TPSA) is 96.3 Å². The molecule has 0 atom stereocenters. The summed E-state index contributed by atoms with van der Waals surface area (Å²) in [6.45, 7) is 7.28. The minimum atomic E-state index is 0.210. The molecule has 0 saturated carbocycles. The fourth-order valence-corrected chi connectivity index (χ4v) is 3.44. The number of methoxy groups -OCH3 is 2. The number of likely N-dealkylation sites (N-methyl/N-ethyl adjacent to an activating group) is 1. The molecule has 1 aromatic carbocycles. The van der Waals surface area contributed by atoms with Crippen LogP contribution in [0, 0.1) is 11.3 Å². The van der Waals surface area contributed by atoms with Gasteiger partial charge in [-0.25, -0.2) is 0 Å². The summed E-state index contributed by atoms with van der Waals surface area (Å²) in [6, 6.07) is 5.76. The van der Waals surface area contributed by atoms with E-state index in [0.29, 0.717) is 51.0 Å². The van der Waals surface area contributed by atoms with E-state index in [0.717, 1.165) is 19.6 Å². The number of hydrogen-bond acceptors (Lipinski definition) is 7. The number of H-pyrrole nitrogens is 1. The molecule has 8 nitrogen and oxygen atoms in total. The molecule has 2 aromatic heterocycles. The van der Waals surface area contributed by atoms with E-state index in [9.17, 15) is 5.26 Å². The molecule has 2 heterocycles. The predicted octanol–water partition coefficient (Wildman–Crippen LogP) is 3.89. The van der Waals surface area contributed by atoms with Gasteiger partial charge in [0, 0.05) is 24.4 Å². The molecule has 3 rings (SSSR count). The van der Waals surface area contributed by atoms with E-state index in [2.05, 4.69) is 39.8 Å². The molecule has 0 spiro atoms. The van der Waals surface area contributed by atoms with Gasteiger partial charge in [-0.05, 0) is 19.2 Å². The van der Waals surface area contributed by atoms with E-state index < -0.39 is 0 Å². The first-order valence-electron chi connectivity index (χ1n) is 9.62. The van der Waals surface area contributed by atoms with E-state index in [1.165, 1.54) is 0 Å². The molecule has 0 aliphatic carbocycles. The summed E-state index contributed by atoms with van der Waals surface area (Å²) >= 11 is 6.53. The van der Waals surface area contributed by atoms with Gasteiger partial charge in [0.1, 0.15) is 18.3 Å². The number of ether oxygens (including phenoxy) is 3. The molecule has 0 aliphatic rings. The van der Waals surface area contributed by atoms with Crippen LogP contribution in [-0.4, -0.2) is 60.3 Å². The van der Waals surface area contributed by atoms with E-state index in [4.69, 9.17) is 25.8 Å². The molecular formula is C21H24ClN5O3. The molecule has 0 aliphatic heterocycles. The summed E-state index contributed by atoms with van der Waals surface area (Å²) in [5.74, 6) is 1.00. The number of fused-ring (bicyclic) bond motifs is 1. The summed E-state index contributed by atoms with van der Waals surface area (Å²) < 4.78 is 16.6. The zero-order chi connectivity index (χ0) is 21.7. The number of nitriles is 1. The third-order valence-corrected chi connectivity index (χ3v) is 5.21. The van der Waals surface area contributed by atoms with Gasteiger partial charge in [-0.2, -0.15) is 15.2 Å². The molecule has 0 amide bonds. The van der Waals surface area contributed by atoms with Gasteiger partial charge in [-0.1, -0.05) is 25.4 Å². The molecule has 0 unspecified atom stereocenters. The standard InChI is InChI=1S/C21H24ClN5O3/c1-5-27(6-2)7-8-30-21-25-19(18-13(11-23)12-24-20(18)26-21)14-9-16(28-3)17(29-4)10-15(14)22/h9-10,12H,5-8H2,1-4H3,(H,24,25,26). The highest BCUT2D eigenvalue weighted by atomic mass is 35.5. The molecular weight excluding hydrogens is 406 g/mol. The van der Waals surface area contributed by atoms with Crippen molar-refractivity contribution < 1.29 is 14.2 Å². The highest BCUT2D eigenvalue weighted by molar-refractivity contribution is 6.34. The summed E-state index contributed by atoms with van der Waals surface area (Å²) in [6.07, 6.45) is 1.59. The van der Waals surface area contributed by atoms with Crippen LogP contribution in [0.25, 0.3) is 22.3 Å². The lowest BCUT2D eigenvalue weighted by Gasteiger charge is -2.17. The van der Waals surface area contributed by atoms with Gasteiger partial charge < -0.3 is 24.1 Å². The van der Waals surface area contributed by atoms with Crippen LogP contribution in [0.4, 0.5) is 0 Å². The number of benzene rings is 1. The Bertz CT molecular complexity index is 1070. The largest absolute Gasteiger partial charge is 0.493 e. The SMILES string of the molecule is CCN(CC)CCOc1nc(-c2cc(OC)c(OC)cc2Cl)c2c(C#N)c[nH]c2n1. The van der Waals surface area contributed by atoms with Gasteiger partial charge >= 0.3 is 6.01 Å². The number of rotatable bonds is 9. The van der Waals surface area contributed by atoms with Crippen molar-refractivity contribution in [2.24, 2.45) is 0 Å². The Morgan fingerprint density at radius 1 is 1.13 bits per heavy atom. The second kappa shape index (κ2) is 9.65. The van der Waals surface area contributed by atoms with Crippen LogP contribution in [0.1, 0.15) is 19.4 Å². The number of aromatic nitrogens is 3. The summed E-state index contributed by atoms with van der Waals surface area (Å²) in [7, 11) is 3.09. The van der Waals surface area contributed by atoms with Gasteiger partial charge in [-0.3, -0.25) is 0 Å². The van der Waals surface area contributed by atoms with Gasteiger partial charge in [-0.15, -0.1) is 0 Å². The first-order valence-corrected chi connectivity index (χ1v) is 10.00. The lowest BCUT2D eigenvalue weighted by atomic mass is 10.1. The van der Waals surface area contributed by atoms with Crippen molar-refractivity contribution in [2.45, 2.75) is 13.8 Å². The second-order valence-corrected chi connectivity index (χ2v) is 6.86. The average Bonchev–Trinajstić information content (AvgIpc) is 3.19. The van der Waals surface area contributed by atoms with Crippen molar-refractivity contribution >= 4 is 22.6 Å². The molecule has 1 N–H and O–H groups in total. The fourth-order valence-electron chi connectivity index (χ4n) is 3.20. The molecule has 3 aromatic rings. The number of aromatic amines is 1. The third-order valence-electron chi connectivity index (χ3n) is 4.89. The normalized spacial score (nSPS) is 11.0. The van der Waals surface area contributed by atoms with E-state index in [1.54, 1.807) is 32.5 Å².